The van der Waals surface area contributed by atoms with E-state index in [-0.39, 0.29) is 15.4 Å². The number of pyridine rings is 1. The molecule has 0 spiro atoms. The molecule has 0 fully saturated rings. The SMILES string of the molecule is O=S(=O)(O)c1c(Br)sc2ccnc(Cl)c12. The summed E-state index contributed by atoms with van der Waals surface area (Å²) in [6.45, 7) is 0. The maximum absolute atomic E-state index is 11.1. The molecule has 0 aliphatic heterocycles. The molecule has 0 saturated carbocycles. The van der Waals surface area contributed by atoms with Crippen LogP contribution >= 0.6 is 38.9 Å². The third-order valence-electron chi connectivity index (χ3n) is 1.73. The van der Waals surface area contributed by atoms with E-state index in [1.807, 2.05) is 0 Å². The van der Waals surface area contributed by atoms with Crippen molar-refractivity contribution in [2.45, 2.75) is 4.90 Å². The number of thiophene rings is 1. The quantitative estimate of drug-likeness (QED) is 0.645. The molecule has 0 unspecified atom stereocenters. The molecule has 2 rings (SSSR count). The molecule has 0 atom stereocenters. The van der Waals surface area contributed by atoms with Gasteiger partial charge < -0.3 is 0 Å². The fourth-order valence-electron chi connectivity index (χ4n) is 1.18. The Morgan fingerprint density at radius 2 is 2.20 bits per heavy atom. The van der Waals surface area contributed by atoms with E-state index < -0.39 is 10.1 Å². The second-order valence-electron chi connectivity index (χ2n) is 2.65. The molecule has 2 aromatic rings. The van der Waals surface area contributed by atoms with Gasteiger partial charge in [-0.05, 0) is 22.0 Å². The summed E-state index contributed by atoms with van der Waals surface area (Å²) in [7, 11) is -4.30. The van der Waals surface area contributed by atoms with Gasteiger partial charge in [-0.1, -0.05) is 11.6 Å². The minimum atomic E-state index is -4.30. The van der Waals surface area contributed by atoms with Crippen LogP contribution in [0.1, 0.15) is 0 Å². The molecule has 0 amide bonds. The van der Waals surface area contributed by atoms with Crippen LogP contribution in [-0.4, -0.2) is 18.0 Å². The van der Waals surface area contributed by atoms with Crippen molar-refractivity contribution in [3.63, 3.8) is 0 Å². The van der Waals surface area contributed by atoms with Crippen LogP contribution in [0.3, 0.4) is 0 Å². The molecule has 0 aliphatic rings. The van der Waals surface area contributed by atoms with Gasteiger partial charge in [-0.3, -0.25) is 4.55 Å². The van der Waals surface area contributed by atoms with Gasteiger partial charge in [0.05, 0.1) is 9.17 Å². The minimum absolute atomic E-state index is 0.0575. The fourth-order valence-corrected chi connectivity index (χ4v) is 4.87. The van der Waals surface area contributed by atoms with Crippen LogP contribution in [0.4, 0.5) is 0 Å². The van der Waals surface area contributed by atoms with Gasteiger partial charge in [0.1, 0.15) is 10.0 Å². The van der Waals surface area contributed by atoms with Gasteiger partial charge in [0.2, 0.25) is 0 Å². The lowest BCUT2D eigenvalue weighted by molar-refractivity contribution is 0.484. The normalized spacial score (nSPS) is 12.2. The molecule has 2 aromatic heterocycles. The third-order valence-corrected chi connectivity index (χ3v) is 5.16. The molecule has 0 radical (unpaired) electrons. The van der Waals surface area contributed by atoms with Gasteiger partial charge >= 0.3 is 0 Å². The Kier molecular flexibility index (Phi) is 2.76. The summed E-state index contributed by atoms with van der Waals surface area (Å²) in [6, 6.07) is 1.63. The number of nitrogens with zero attached hydrogens (tertiary/aromatic N) is 1. The van der Waals surface area contributed by atoms with Gasteiger partial charge in [0.25, 0.3) is 10.1 Å². The first-order chi connectivity index (χ1) is 6.91. The second-order valence-corrected chi connectivity index (χ2v) is 6.74. The van der Waals surface area contributed by atoms with Gasteiger partial charge in [-0.2, -0.15) is 8.42 Å². The van der Waals surface area contributed by atoms with E-state index in [1.165, 1.54) is 17.5 Å². The molecule has 8 heteroatoms. The van der Waals surface area contributed by atoms with Gasteiger partial charge in [0, 0.05) is 10.9 Å². The summed E-state index contributed by atoms with van der Waals surface area (Å²) in [5.74, 6) is 0. The Balaban J connectivity index is 3.02. The second kappa shape index (κ2) is 3.67. The highest BCUT2D eigenvalue weighted by molar-refractivity contribution is 9.11. The molecule has 0 bridgehead atoms. The van der Waals surface area contributed by atoms with Crippen LogP contribution in [0.2, 0.25) is 5.15 Å². The van der Waals surface area contributed by atoms with Crippen molar-refractivity contribution in [1.82, 2.24) is 4.98 Å². The van der Waals surface area contributed by atoms with E-state index in [2.05, 4.69) is 20.9 Å². The molecule has 80 valence electrons. The number of aromatic nitrogens is 1. The standard InChI is InChI=1S/C7H3BrClNO3S2/c8-6-5(15(11,12)13)4-3(14-6)1-2-10-7(4)9/h1-2H,(H,11,12,13). The highest BCUT2D eigenvalue weighted by Gasteiger charge is 2.23. The number of rotatable bonds is 1. The van der Waals surface area contributed by atoms with Crippen molar-refractivity contribution in [3.8, 4) is 0 Å². The first-order valence-corrected chi connectivity index (χ1v) is 7.04. The van der Waals surface area contributed by atoms with E-state index in [9.17, 15) is 8.42 Å². The first kappa shape index (κ1) is 11.3. The zero-order valence-corrected chi connectivity index (χ0v) is 10.9. The average Bonchev–Trinajstić information content (AvgIpc) is 2.41. The van der Waals surface area contributed by atoms with Crippen molar-refractivity contribution >= 4 is 59.1 Å². The number of halogens is 2. The maximum atomic E-state index is 11.1. The molecule has 15 heavy (non-hydrogen) atoms. The number of hydrogen-bond donors (Lipinski definition) is 1. The zero-order valence-electron chi connectivity index (χ0n) is 6.94. The van der Waals surface area contributed by atoms with Crippen molar-refractivity contribution in [2.75, 3.05) is 0 Å². The lowest BCUT2D eigenvalue weighted by Crippen LogP contribution is -1.97. The van der Waals surface area contributed by atoms with E-state index in [4.69, 9.17) is 16.2 Å². The third kappa shape index (κ3) is 1.90. The summed E-state index contributed by atoms with van der Waals surface area (Å²) >= 11 is 10.0. The summed E-state index contributed by atoms with van der Waals surface area (Å²) < 4.78 is 32.3. The smallest absolute Gasteiger partial charge is 0.282 e. The van der Waals surface area contributed by atoms with Crippen molar-refractivity contribution < 1.29 is 13.0 Å². The van der Waals surface area contributed by atoms with Crippen LogP contribution in [0, 0.1) is 0 Å². The molecule has 0 saturated heterocycles. The minimum Gasteiger partial charge on any atom is -0.282 e. The largest absolute Gasteiger partial charge is 0.297 e. The Morgan fingerprint density at radius 1 is 1.53 bits per heavy atom. The first-order valence-electron chi connectivity index (χ1n) is 3.61. The molecule has 0 aliphatic carbocycles. The Morgan fingerprint density at radius 3 is 2.80 bits per heavy atom. The fraction of sp³-hybridized carbons (Fsp3) is 0. The van der Waals surface area contributed by atoms with Gasteiger partial charge in [-0.25, -0.2) is 4.98 Å². The number of hydrogen-bond acceptors (Lipinski definition) is 4. The predicted octanol–water partition coefficient (Wildman–Crippen LogP) is 2.96. The topological polar surface area (TPSA) is 67.3 Å². The Labute approximate surface area is 103 Å². The zero-order chi connectivity index (χ0) is 11.2. The summed E-state index contributed by atoms with van der Waals surface area (Å²) in [5, 5.41) is 0.306. The van der Waals surface area contributed by atoms with Crippen LogP contribution in [0.5, 0.6) is 0 Å². The highest BCUT2D eigenvalue weighted by Crippen LogP contribution is 2.40. The average molecular weight is 329 g/mol. The van der Waals surface area contributed by atoms with Crippen LogP contribution in [-0.2, 0) is 10.1 Å². The molecule has 1 N–H and O–H groups in total. The van der Waals surface area contributed by atoms with E-state index in [1.54, 1.807) is 6.07 Å². The van der Waals surface area contributed by atoms with Gasteiger partial charge in [-0.15, -0.1) is 11.3 Å². The lowest BCUT2D eigenvalue weighted by Gasteiger charge is -1.96. The molecule has 4 nitrogen and oxygen atoms in total. The maximum Gasteiger partial charge on any atom is 0.297 e. The molecular weight excluding hydrogens is 326 g/mol. The Hall–Kier alpha value is -0.210. The Bertz CT molecular complexity index is 637. The monoisotopic (exact) mass is 327 g/mol. The van der Waals surface area contributed by atoms with Crippen molar-refractivity contribution in [1.29, 1.82) is 0 Å². The van der Waals surface area contributed by atoms with E-state index >= 15 is 0 Å². The van der Waals surface area contributed by atoms with Crippen LogP contribution in [0.25, 0.3) is 10.1 Å². The van der Waals surface area contributed by atoms with Crippen LogP contribution < -0.4 is 0 Å². The summed E-state index contributed by atoms with van der Waals surface area (Å²) in [6.07, 6.45) is 1.47. The molecule has 0 aromatic carbocycles. The number of fused-ring (bicyclic) bond motifs is 1. The molecular formula is C7H3BrClNO3S2. The van der Waals surface area contributed by atoms with Crippen molar-refractivity contribution in [2.24, 2.45) is 0 Å². The van der Waals surface area contributed by atoms with Crippen LogP contribution in [0.15, 0.2) is 20.9 Å². The van der Waals surface area contributed by atoms with Gasteiger partial charge in [0.15, 0.2) is 0 Å². The van der Waals surface area contributed by atoms with Crippen molar-refractivity contribution in [3.05, 3.63) is 21.2 Å². The highest BCUT2D eigenvalue weighted by atomic mass is 79.9. The van der Waals surface area contributed by atoms with E-state index in [0.717, 1.165) is 0 Å². The lowest BCUT2D eigenvalue weighted by atomic mass is 10.3. The summed E-state index contributed by atoms with van der Waals surface area (Å²) in [5.41, 5.74) is 0. The predicted molar refractivity (Wildman–Crippen MR) is 62.1 cm³/mol. The summed E-state index contributed by atoms with van der Waals surface area (Å²) in [4.78, 5) is 3.55. The van der Waals surface area contributed by atoms with E-state index in [0.29, 0.717) is 8.49 Å². The molecule has 2 heterocycles.